The molecule has 0 saturated carbocycles. The number of hydrogen-bond donors (Lipinski definition) is 2. The monoisotopic (exact) mass is 561 g/mol. The molecule has 4 aromatic rings. The quantitative estimate of drug-likeness (QED) is 0.306. The third kappa shape index (κ3) is 6.41. The lowest BCUT2D eigenvalue weighted by atomic mass is 10.0. The van der Waals surface area contributed by atoms with Gasteiger partial charge < -0.3 is 14.8 Å². The first-order chi connectivity index (χ1) is 19.3. The van der Waals surface area contributed by atoms with Crippen LogP contribution in [0, 0.1) is 0 Å². The summed E-state index contributed by atoms with van der Waals surface area (Å²) in [5.41, 5.74) is 3.00. The molecule has 1 aliphatic rings. The Morgan fingerprint density at radius 3 is 2.58 bits per heavy atom. The van der Waals surface area contributed by atoms with Crippen LogP contribution in [-0.4, -0.2) is 76.2 Å². The van der Waals surface area contributed by atoms with Gasteiger partial charge in [-0.2, -0.15) is 0 Å². The Labute approximate surface area is 236 Å². The molecule has 0 unspecified atom stereocenters. The van der Waals surface area contributed by atoms with E-state index < -0.39 is 5.60 Å². The lowest BCUT2D eigenvalue weighted by molar-refractivity contribution is -0.160. The smallest absolute Gasteiger partial charge is 0.321 e. The number of fused-ring (bicyclic) bond motifs is 1. The lowest BCUT2D eigenvalue weighted by Crippen LogP contribution is -2.41. The molecule has 0 atom stereocenters. The number of aromatic nitrogens is 4. The molecule has 2 amide bonds. The first kappa shape index (κ1) is 27.6. The zero-order valence-electron chi connectivity index (χ0n) is 22.6. The predicted octanol–water partition coefficient (Wildman–Crippen LogP) is 4.07. The number of nitrogens with zero attached hydrogens (tertiary/aromatic N) is 5. The summed E-state index contributed by atoms with van der Waals surface area (Å²) < 4.78 is 12.0. The topological polar surface area (TPSA) is 131 Å². The van der Waals surface area contributed by atoms with Crippen LogP contribution in [-0.2, 0) is 19.9 Å². The minimum absolute atomic E-state index is 0.200. The second kappa shape index (κ2) is 12.0. The molecule has 0 radical (unpaired) electrons. The maximum atomic E-state index is 12.6. The summed E-state index contributed by atoms with van der Waals surface area (Å²) in [5.74, 6) is 0.0743. The minimum Gasteiger partial charge on any atom is -0.450 e. The third-order valence-electron chi connectivity index (χ3n) is 6.34. The molecule has 1 aromatic carbocycles. The average molecular weight is 562 g/mol. The van der Waals surface area contributed by atoms with E-state index in [0.717, 1.165) is 32.6 Å². The average Bonchev–Trinajstić information content (AvgIpc) is 3.35. The van der Waals surface area contributed by atoms with E-state index in [-0.39, 0.29) is 18.5 Å². The number of thiazole rings is 1. The van der Waals surface area contributed by atoms with E-state index >= 15 is 0 Å². The van der Waals surface area contributed by atoms with Crippen LogP contribution >= 0.6 is 11.3 Å². The van der Waals surface area contributed by atoms with Gasteiger partial charge in [0.15, 0.2) is 16.6 Å². The number of anilines is 1. The Hall–Kier alpha value is -4.00. The largest absolute Gasteiger partial charge is 0.450 e. The SMILES string of the molecule is CCNC(=O)Nc1nc2cc(-c3cnc(C(C)(C)OC(=O)CN4CCOCC4)nc3)cc(-c3ccccn3)c2s1. The van der Waals surface area contributed by atoms with Gasteiger partial charge in [0, 0.05) is 49.4 Å². The van der Waals surface area contributed by atoms with Crippen molar-refractivity contribution in [3.8, 4) is 22.4 Å². The Kier molecular flexibility index (Phi) is 8.29. The highest BCUT2D eigenvalue weighted by atomic mass is 32.1. The fourth-order valence-electron chi connectivity index (χ4n) is 4.36. The molecular weight excluding hydrogens is 530 g/mol. The number of nitrogens with one attached hydrogen (secondary N) is 2. The van der Waals surface area contributed by atoms with Crippen LogP contribution in [0.4, 0.5) is 9.93 Å². The molecule has 0 bridgehead atoms. The highest BCUT2D eigenvalue weighted by molar-refractivity contribution is 7.22. The van der Waals surface area contributed by atoms with Crippen molar-refractivity contribution in [3.63, 3.8) is 0 Å². The van der Waals surface area contributed by atoms with Crippen molar-refractivity contribution in [2.75, 3.05) is 44.7 Å². The molecule has 0 spiro atoms. The van der Waals surface area contributed by atoms with Crippen molar-refractivity contribution in [1.82, 2.24) is 30.2 Å². The molecular formula is C28H31N7O4S. The summed E-state index contributed by atoms with van der Waals surface area (Å²) in [4.78, 5) is 45.0. The van der Waals surface area contributed by atoms with Crippen LogP contribution < -0.4 is 10.6 Å². The van der Waals surface area contributed by atoms with Crippen molar-refractivity contribution >= 4 is 38.7 Å². The van der Waals surface area contributed by atoms with Crippen molar-refractivity contribution in [2.45, 2.75) is 26.4 Å². The molecule has 12 heteroatoms. The second-order valence-electron chi connectivity index (χ2n) is 9.76. The van der Waals surface area contributed by atoms with Crippen LogP contribution in [0.25, 0.3) is 32.6 Å². The second-order valence-corrected chi connectivity index (χ2v) is 10.8. The molecule has 0 aliphatic carbocycles. The summed E-state index contributed by atoms with van der Waals surface area (Å²) in [6.45, 7) is 8.76. The molecule has 1 aliphatic heterocycles. The lowest BCUT2D eigenvalue weighted by Gasteiger charge is -2.28. The van der Waals surface area contributed by atoms with E-state index in [0.29, 0.717) is 43.8 Å². The molecule has 208 valence electrons. The van der Waals surface area contributed by atoms with Gasteiger partial charge in [-0.1, -0.05) is 17.4 Å². The van der Waals surface area contributed by atoms with E-state index in [4.69, 9.17) is 9.47 Å². The van der Waals surface area contributed by atoms with Gasteiger partial charge in [0.25, 0.3) is 0 Å². The number of ether oxygens (including phenoxy) is 2. The number of carbonyl (C=O) groups excluding carboxylic acids is 2. The molecule has 40 heavy (non-hydrogen) atoms. The van der Waals surface area contributed by atoms with Crippen LogP contribution in [0.1, 0.15) is 26.6 Å². The molecule has 11 nitrogen and oxygen atoms in total. The van der Waals surface area contributed by atoms with Crippen LogP contribution in [0.3, 0.4) is 0 Å². The van der Waals surface area contributed by atoms with Gasteiger partial charge in [-0.3, -0.25) is 20.0 Å². The van der Waals surface area contributed by atoms with Crippen LogP contribution in [0.5, 0.6) is 0 Å². The van der Waals surface area contributed by atoms with Gasteiger partial charge in [0.1, 0.15) is 0 Å². The molecule has 5 rings (SSSR count). The van der Waals surface area contributed by atoms with E-state index in [1.807, 2.05) is 42.2 Å². The number of carbonyl (C=O) groups is 2. The van der Waals surface area contributed by atoms with Gasteiger partial charge >= 0.3 is 12.0 Å². The number of benzene rings is 1. The number of pyridine rings is 1. The standard InChI is InChI=1S/C28H31N7O4S/c1-4-29-26(37)34-27-33-22-14-18(13-20(24(22)40-27)21-7-5-6-8-30-21)19-15-31-25(32-16-19)28(2,3)39-23(36)17-35-9-11-38-12-10-35/h5-8,13-16H,4,9-12,17H2,1-3H3,(H2,29,33,34,37). The minimum atomic E-state index is -1.00. The molecule has 3 aromatic heterocycles. The first-order valence-electron chi connectivity index (χ1n) is 13.1. The maximum absolute atomic E-state index is 12.6. The first-order valence-corrected chi connectivity index (χ1v) is 13.9. The van der Waals surface area contributed by atoms with Gasteiger partial charge in [-0.05, 0) is 50.6 Å². The predicted molar refractivity (Wildman–Crippen MR) is 153 cm³/mol. The van der Waals surface area contributed by atoms with E-state index in [1.165, 1.54) is 11.3 Å². The normalized spacial score (nSPS) is 14.2. The number of amides is 2. The van der Waals surface area contributed by atoms with Crippen molar-refractivity contribution in [3.05, 3.63) is 54.7 Å². The Balaban J connectivity index is 1.41. The van der Waals surface area contributed by atoms with Crippen molar-refractivity contribution in [2.24, 2.45) is 0 Å². The van der Waals surface area contributed by atoms with Crippen LogP contribution in [0.2, 0.25) is 0 Å². The van der Waals surface area contributed by atoms with E-state index in [2.05, 4.69) is 30.6 Å². The molecule has 1 fully saturated rings. The summed E-state index contributed by atoms with van der Waals surface area (Å²) in [6.07, 6.45) is 5.16. The fourth-order valence-corrected chi connectivity index (χ4v) is 5.32. The zero-order valence-corrected chi connectivity index (χ0v) is 23.5. The Morgan fingerprint density at radius 2 is 1.88 bits per heavy atom. The van der Waals surface area contributed by atoms with Gasteiger partial charge in [0.2, 0.25) is 0 Å². The maximum Gasteiger partial charge on any atom is 0.321 e. The van der Waals surface area contributed by atoms with Crippen molar-refractivity contribution in [1.29, 1.82) is 0 Å². The Bertz CT molecular complexity index is 1490. The number of esters is 1. The molecule has 4 heterocycles. The fraction of sp³-hybridized carbons (Fsp3) is 0.357. The number of morpholine rings is 1. The summed E-state index contributed by atoms with van der Waals surface area (Å²) in [6, 6.07) is 9.37. The summed E-state index contributed by atoms with van der Waals surface area (Å²) >= 11 is 1.39. The third-order valence-corrected chi connectivity index (χ3v) is 7.36. The number of urea groups is 1. The van der Waals surface area contributed by atoms with Gasteiger partial charge in [0.05, 0.1) is 35.7 Å². The van der Waals surface area contributed by atoms with Gasteiger partial charge in [-0.15, -0.1) is 0 Å². The molecule has 2 N–H and O–H groups in total. The summed E-state index contributed by atoms with van der Waals surface area (Å²) in [7, 11) is 0. The molecule has 1 saturated heterocycles. The zero-order chi connectivity index (χ0) is 28.1. The van der Waals surface area contributed by atoms with Gasteiger partial charge in [-0.25, -0.2) is 19.7 Å². The van der Waals surface area contributed by atoms with Crippen molar-refractivity contribution < 1.29 is 19.1 Å². The highest BCUT2D eigenvalue weighted by Gasteiger charge is 2.29. The highest BCUT2D eigenvalue weighted by Crippen LogP contribution is 2.38. The van der Waals surface area contributed by atoms with Crippen LogP contribution in [0.15, 0.2) is 48.9 Å². The Morgan fingerprint density at radius 1 is 1.10 bits per heavy atom. The van der Waals surface area contributed by atoms with E-state index in [9.17, 15) is 9.59 Å². The van der Waals surface area contributed by atoms with E-state index in [1.54, 1.807) is 32.4 Å². The number of rotatable bonds is 8. The summed E-state index contributed by atoms with van der Waals surface area (Å²) in [5, 5.41) is 6.01. The number of hydrogen-bond acceptors (Lipinski definition) is 10.